The second-order valence-electron chi connectivity index (χ2n) is 1.01. The van der Waals surface area contributed by atoms with E-state index in [0.717, 1.165) is 0 Å². The Kier molecular flexibility index (Phi) is 1840. The van der Waals surface area contributed by atoms with Crippen molar-refractivity contribution in [2.24, 2.45) is 0 Å². The molecule has 0 atom stereocenters. The molecule has 0 aromatic rings. The Morgan fingerprint density at radius 2 is 0.727 bits per heavy atom. The van der Waals surface area contributed by atoms with Crippen LogP contribution in [-0.4, -0.2) is 73.3 Å². The molecule has 0 aliphatic rings. The molecule has 0 bridgehead atoms. The van der Waals surface area contributed by atoms with Gasteiger partial charge in [0.25, 0.3) is 0 Å². The van der Waals surface area contributed by atoms with Crippen molar-refractivity contribution in [3.63, 3.8) is 0 Å². The molecule has 0 aromatic carbocycles. The first-order valence-corrected chi connectivity index (χ1v) is 2.15. The van der Waals surface area contributed by atoms with Crippen LogP contribution in [0.3, 0.4) is 0 Å². The van der Waals surface area contributed by atoms with Crippen molar-refractivity contribution >= 4 is 18.8 Å². The first kappa shape index (κ1) is 282. The van der Waals surface area contributed by atoms with Crippen molar-refractivity contribution in [3.05, 3.63) is 0 Å². The minimum absolute atomic E-state index is 0. The van der Waals surface area contributed by atoms with Crippen LogP contribution in [0.2, 0.25) is 0 Å². The fourth-order valence-corrected chi connectivity index (χ4v) is 0.148. The van der Waals surface area contributed by atoms with Gasteiger partial charge in [0.1, 0.15) is 0 Å². The summed E-state index contributed by atoms with van der Waals surface area (Å²) in [5.74, 6) is 0. The predicted molar refractivity (Wildman–Crippen MR) is 119 cm³/mol. The van der Waals surface area contributed by atoms with Gasteiger partial charge in [0, 0.05) is 71.2 Å². The summed E-state index contributed by atoms with van der Waals surface area (Å²) in [6, 6.07) is 0. The predicted octanol–water partition coefficient (Wildman–Crippen LogP) is -2.80. The number of hydrogen-bond donors (Lipinski definition) is 4. The van der Waals surface area contributed by atoms with Gasteiger partial charge in [0.15, 0.2) is 0 Å². The van der Waals surface area contributed by atoms with Crippen molar-refractivity contribution in [2.45, 2.75) is 52.0 Å². The van der Waals surface area contributed by atoms with E-state index >= 15 is 0 Å². The van der Waals surface area contributed by atoms with Crippen LogP contribution >= 0.6 is 0 Å². The maximum Gasteiger partial charge on any atom is 0.589 e. The van der Waals surface area contributed by atoms with Crippen LogP contribution in [0.25, 0.3) is 0 Å². The molecule has 23 heteroatoms. The third-order valence-corrected chi connectivity index (χ3v) is 0.396. The van der Waals surface area contributed by atoms with E-state index in [1.807, 2.05) is 0 Å². The Labute approximate surface area is 252 Å². The summed E-state index contributed by atoms with van der Waals surface area (Å²) in [5, 5.41) is 7.52. The number of hydrogen-bond acceptors (Lipinski definition) is 12. The van der Waals surface area contributed by atoms with Gasteiger partial charge in [-0.3, -0.25) is 4.89 Å². The molecule has 0 rings (SSSR count). The van der Waals surface area contributed by atoms with Crippen molar-refractivity contribution < 1.29 is 165 Å². The van der Waals surface area contributed by atoms with Crippen molar-refractivity contribution in [2.75, 3.05) is 0 Å². The quantitative estimate of drug-likeness (QED) is 0.125. The van der Waals surface area contributed by atoms with Gasteiger partial charge in [0.05, 0.1) is 0 Å². The van der Waals surface area contributed by atoms with Crippen LogP contribution < -0.4 is 18.5 Å². The first-order valence-electron chi connectivity index (χ1n) is 2.15. The molecule has 226 valence electrons. The number of rotatable bonds is 2. The minimum Gasteiger partial charge on any atom is -0.494 e. The maximum absolute atomic E-state index is 10.1. The van der Waals surface area contributed by atoms with Gasteiger partial charge in [-0.05, 0) is 6.47 Å². The third kappa shape index (κ3) is 240. The summed E-state index contributed by atoms with van der Waals surface area (Å²) in [5.41, 5.74) is 0. The summed E-state index contributed by atoms with van der Waals surface area (Å²) in [6.07, 6.45) is -3.37. The number of carbonyl (C=O) groups is 2. The van der Waals surface area contributed by atoms with Crippen LogP contribution in [-0.2, 0) is 29.2 Å². The van der Waals surface area contributed by atoms with Crippen LogP contribution in [0.1, 0.15) is 52.0 Å². The van der Waals surface area contributed by atoms with Crippen LogP contribution in [0.5, 0.6) is 0 Å². The molecule has 0 aliphatic carbocycles. The van der Waals surface area contributed by atoms with Gasteiger partial charge in [-0.1, -0.05) is 52.0 Å². The molecule has 0 spiro atoms. The van der Waals surface area contributed by atoms with Crippen LogP contribution in [0, 0.1) is 71.2 Å². The molecule has 0 aliphatic heterocycles. The zero-order valence-corrected chi connectivity index (χ0v) is 20.2. The Morgan fingerprint density at radius 3 is 0.909 bits per heavy atom. The molecule has 0 amide bonds. The fraction of sp³-hybridized carbons (Fsp3) is 0.700. The molecule has 28 N–H and O–H groups in total. The topological polar surface area (TPSA) is 506 Å². The van der Waals surface area contributed by atoms with E-state index in [-0.39, 0.29) is 191 Å². The van der Waals surface area contributed by atoms with E-state index < -0.39 is 12.3 Å². The zero-order chi connectivity index (χ0) is 9.40. The van der Waals surface area contributed by atoms with E-state index in [0.29, 0.717) is 6.47 Å². The summed E-state index contributed by atoms with van der Waals surface area (Å²) in [7, 11) is 0. The molecule has 0 saturated heterocycles. The normalized spacial score (nSPS) is 2.82. The molecular formula is C10H56La2N3O18-. The molecule has 33 heavy (non-hydrogen) atoms. The monoisotopic (exact) mass is 784 g/mol. The van der Waals surface area contributed by atoms with E-state index in [1.54, 1.807) is 0 Å². The van der Waals surface area contributed by atoms with Gasteiger partial charge in [0.2, 0.25) is 0 Å². The fourth-order valence-electron chi connectivity index (χ4n) is 0.148. The Balaban J connectivity index is -0.00000000288. The summed E-state index contributed by atoms with van der Waals surface area (Å²) < 4.78 is 0. The van der Waals surface area contributed by atoms with E-state index in [1.165, 1.54) is 0 Å². The molecule has 0 saturated carbocycles. The van der Waals surface area contributed by atoms with Crippen LogP contribution in [0.4, 0.5) is 9.59 Å². The SMILES string of the molecule is C.C.C.C.C.C.C.N.N.N.O.O.O.O.O.O.O.O.O.O=[C-]OOC(=O)OOC(=O)OO.[La].[La]. The van der Waals surface area contributed by atoms with Gasteiger partial charge in [-0.2, -0.15) is 24.6 Å². The Hall–Kier alpha value is -0.120. The zero-order valence-electron chi connectivity index (χ0n) is 13.0. The number of carbonyl (C=O) groups excluding carboxylic acids is 3. The largest absolute Gasteiger partial charge is 0.589 e. The van der Waals surface area contributed by atoms with Crippen LogP contribution in [0.15, 0.2) is 0 Å². The second kappa shape index (κ2) is 215. The maximum atomic E-state index is 10.1. The van der Waals surface area contributed by atoms with Crippen molar-refractivity contribution in [1.82, 2.24) is 18.5 Å². The summed E-state index contributed by atoms with van der Waals surface area (Å²) in [6.45, 7) is 0.706. The molecule has 21 nitrogen and oxygen atoms in total. The standard InChI is InChI=1S/C3HO9.7CH4.2La.3H3N.9H2O/c4-1-8-10-3(6)12-11-2(5)9-7;;;;;;;;;;;;;;;;;;;;;/h7H;7*1H4;;;3*1H3;9*1H2/q-1;;;;;;;;;;;;;;;;;;;;;. The molecule has 0 unspecified atom stereocenters. The molecule has 2 radical (unpaired) electrons. The molecular weight excluding hydrogens is 728 g/mol. The van der Waals surface area contributed by atoms with Gasteiger partial charge in [-0.25, -0.2) is 4.89 Å². The van der Waals surface area contributed by atoms with Crippen molar-refractivity contribution in [3.8, 4) is 0 Å². The third-order valence-electron chi connectivity index (χ3n) is 0.396. The van der Waals surface area contributed by atoms with E-state index in [9.17, 15) is 14.4 Å². The average molecular weight is 784 g/mol. The van der Waals surface area contributed by atoms with Crippen molar-refractivity contribution in [1.29, 1.82) is 0 Å². The van der Waals surface area contributed by atoms with E-state index in [4.69, 9.17) is 5.26 Å². The Bertz CT molecular complexity index is 214. The molecule has 0 fully saturated rings. The average Bonchev–Trinajstić information content (AvgIpc) is 2.10. The minimum atomic E-state index is -1.71. The Morgan fingerprint density at radius 1 is 0.515 bits per heavy atom. The second-order valence-corrected chi connectivity index (χ2v) is 1.01. The summed E-state index contributed by atoms with van der Waals surface area (Å²) >= 11 is 0. The first-order chi connectivity index (χ1) is 5.70. The van der Waals surface area contributed by atoms with Gasteiger partial charge < -0.3 is 77.4 Å². The molecule has 0 aromatic heterocycles. The van der Waals surface area contributed by atoms with Gasteiger partial charge in [-0.15, -0.1) is 0 Å². The van der Waals surface area contributed by atoms with E-state index in [2.05, 4.69) is 24.4 Å². The smallest absolute Gasteiger partial charge is 0.494 e. The molecule has 0 heterocycles. The summed E-state index contributed by atoms with van der Waals surface area (Å²) in [4.78, 5) is 45.5. The van der Waals surface area contributed by atoms with Gasteiger partial charge >= 0.3 is 12.3 Å².